The van der Waals surface area contributed by atoms with Gasteiger partial charge < -0.3 is 15.0 Å². The second-order valence-corrected chi connectivity index (χ2v) is 7.22. The van der Waals surface area contributed by atoms with Crippen LogP contribution in [0.1, 0.15) is 12.5 Å². The molecule has 1 unspecified atom stereocenters. The Morgan fingerprint density at radius 1 is 1.28 bits per heavy atom. The van der Waals surface area contributed by atoms with E-state index in [4.69, 9.17) is 10.1 Å². The number of rotatable bonds is 3. The quantitative estimate of drug-likeness (QED) is 0.798. The van der Waals surface area contributed by atoms with Crippen molar-refractivity contribution in [1.29, 1.82) is 21.2 Å². The number of hydrogen-bond acceptors (Lipinski definition) is 6. The summed E-state index contributed by atoms with van der Waals surface area (Å²) in [5, 5.41) is 38.2. The Morgan fingerprint density at radius 2 is 1.97 bits per heavy atom. The van der Waals surface area contributed by atoms with Crippen molar-refractivity contribution < 1.29 is 9.53 Å². The maximum absolute atomic E-state index is 12.3. The Morgan fingerprint density at radius 3 is 2.55 bits per heavy atom. The summed E-state index contributed by atoms with van der Waals surface area (Å²) < 4.78 is 5.11. The number of amides is 1. The minimum absolute atomic E-state index is 0.169. The van der Waals surface area contributed by atoms with E-state index in [1.165, 1.54) is 4.90 Å². The molecule has 1 saturated carbocycles. The molecule has 29 heavy (non-hydrogen) atoms. The third-order valence-electron chi connectivity index (χ3n) is 5.79. The molecular weight excluding hydrogens is 366 g/mol. The number of hydrogen-bond donors (Lipinski definition) is 1. The van der Waals surface area contributed by atoms with Gasteiger partial charge in [-0.1, -0.05) is 36.4 Å². The van der Waals surface area contributed by atoms with Gasteiger partial charge in [0.05, 0.1) is 30.5 Å². The summed E-state index contributed by atoms with van der Waals surface area (Å²) in [5.41, 5.74) is -0.239. The van der Waals surface area contributed by atoms with Crippen LogP contribution in [0.3, 0.4) is 0 Å². The first-order valence-electron chi connectivity index (χ1n) is 9.49. The fraction of sp³-hybridized carbons (Fsp3) is 0.409. The first-order chi connectivity index (χ1) is 14.0. The standard InChI is InChI=1S/C22H21N5O2/c1-2-29-21(28)27-9-8-16-17(11-23)20(26)22(13-24,14-25)19(18(16)12-27)10-15-6-4-3-5-7-15/h3-8,17-19,26H,2,9-10,12H2,1H3/t17?,18-,19+/m1/s1. The molecule has 3 atom stereocenters. The van der Waals surface area contributed by atoms with Gasteiger partial charge in [0.1, 0.15) is 5.92 Å². The lowest BCUT2D eigenvalue weighted by molar-refractivity contribution is 0.0934. The van der Waals surface area contributed by atoms with Gasteiger partial charge in [-0.2, -0.15) is 15.8 Å². The highest BCUT2D eigenvalue weighted by Gasteiger charge is 2.57. The van der Waals surface area contributed by atoms with Crippen molar-refractivity contribution in [3.8, 4) is 18.2 Å². The summed E-state index contributed by atoms with van der Waals surface area (Å²) in [5.74, 6) is -1.87. The van der Waals surface area contributed by atoms with Crippen LogP contribution in [-0.4, -0.2) is 36.4 Å². The highest BCUT2D eigenvalue weighted by molar-refractivity contribution is 6.00. The molecule has 7 heteroatoms. The van der Waals surface area contributed by atoms with Crippen molar-refractivity contribution in [3.05, 3.63) is 47.5 Å². The van der Waals surface area contributed by atoms with E-state index in [1.807, 2.05) is 30.3 Å². The predicted molar refractivity (Wildman–Crippen MR) is 104 cm³/mol. The minimum Gasteiger partial charge on any atom is -0.450 e. The van der Waals surface area contributed by atoms with Crippen LogP contribution in [0.4, 0.5) is 4.79 Å². The number of nitriles is 3. The van der Waals surface area contributed by atoms with E-state index in [9.17, 15) is 20.6 Å². The molecule has 1 heterocycles. The number of benzene rings is 1. The lowest BCUT2D eigenvalue weighted by atomic mass is 9.54. The average Bonchev–Trinajstić information content (AvgIpc) is 2.75. The molecule has 1 aliphatic carbocycles. The van der Waals surface area contributed by atoms with Gasteiger partial charge in [0.15, 0.2) is 5.41 Å². The topological polar surface area (TPSA) is 125 Å². The van der Waals surface area contributed by atoms with Crippen LogP contribution in [0.25, 0.3) is 0 Å². The van der Waals surface area contributed by atoms with Crippen molar-refractivity contribution in [3.63, 3.8) is 0 Å². The SMILES string of the molecule is CCOC(=O)N1CC=C2C(C#N)C(=N)C(C#N)(C#N)[C@@H](Cc3ccccc3)[C@@H]2C1. The lowest BCUT2D eigenvalue weighted by Crippen LogP contribution is -2.55. The molecule has 1 aliphatic heterocycles. The fourth-order valence-electron chi connectivity index (χ4n) is 4.35. The van der Waals surface area contributed by atoms with Gasteiger partial charge in [0.25, 0.3) is 0 Å². The molecule has 1 N–H and O–H groups in total. The van der Waals surface area contributed by atoms with E-state index in [1.54, 1.807) is 13.0 Å². The summed E-state index contributed by atoms with van der Waals surface area (Å²) in [6, 6.07) is 15.7. The maximum atomic E-state index is 12.3. The normalized spacial score (nSPS) is 24.9. The maximum Gasteiger partial charge on any atom is 0.410 e. The van der Waals surface area contributed by atoms with E-state index in [0.29, 0.717) is 6.42 Å². The van der Waals surface area contributed by atoms with Crippen LogP contribution in [0.5, 0.6) is 0 Å². The zero-order valence-corrected chi connectivity index (χ0v) is 16.1. The summed E-state index contributed by atoms with van der Waals surface area (Å²) in [6.07, 6.45) is 1.71. The highest BCUT2D eigenvalue weighted by atomic mass is 16.6. The first-order valence-corrected chi connectivity index (χ1v) is 9.49. The summed E-state index contributed by atoms with van der Waals surface area (Å²) in [4.78, 5) is 13.8. The number of nitrogens with zero attached hydrogens (tertiary/aromatic N) is 4. The zero-order valence-electron chi connectivity index (χ0n) is 16.1. The number of carbonyl (C=O) groups is 1. The molecule has 1 amide bonds. The second-order valence-electron chi connectivity index (χ2n) is 7.22. The van der Waals surface area contributed by atoms with Crippen LogP contribution >= 0.6 is 0 Å². The van der Waals surface area contributed by atoms with E-state index in [2.05, 4.69) is 18.2 Å². The number of nitrogens with one attached hydrogen (secondary N) is 1. The Kier molecular flexibility index (Phi) is 5.66. The summed E-state index contributed by atoms with van der Waals surface area (Å²) >= 11 is 0. The molecule has 0 saturated heterocycles. The van der Waals surface area contributed by atoms with Crippen LogP contribution < -0.4 is 0 Å². The van der Waals surface area contributed by atoms with Crippen molar-refractivity contribution >= 4 is 11.8 Å². The molecule has 3 rings (SSSR count). The molecule has 2 aliphatic rings. The van der Waals surface area contributed by atoms with Gasteiger partial charge in [-0.3, -0.25) is 0 Å². The third kappa shape index (κ3) is 3.35. The van der Waals surface area contributed by atoms with Crippen molar-refractivity contribution in [2.75, 3.05) is 19.7 Å². The van der Waals surface area contributed by atoms with Gasteiger partial charge in [-0.05, 0) is 24.5 Å². The third-order valence-corrected chi connectivity index (χ3v) is 5.79. The van der Waals surface area contributed by atoms with Crippen LogP contribution in [-0.2, 0) is 11.2 Å². The van der Waals surface area contributed by atoms with Crippen molar-refractivity contribution in [2.45, 2.75) is 13.3 Å². The fourth-order valence-corrected chi connectivity index (χ4v) is 4.35. The molecule has 0 aromatic heterocycles. The van der Waals surface area contributed by atoms with Crippen LogP contribution in [0, 0.1) is 62.6 Å². The van der Waals surface area contributed by atoms with E-state index >= 15 is 0 Å². The van der Waals surface area contributed by atoms with Gasteiger partial charge in [0, 0.05) is 24.9 Å². The smallest absolute Gasteiger partial charge is 0.410 e. The van der Waals surface area contributed by atoms with E-state index in [-0.39, 0.29) is 31.3 Å². The Labute approximate surface area is 169 Å². The Bertz CT molecular complexity index is 950. The second kappa shape index (κ2) is 8.17. The predicted octanol–water partition coefficient (Wildman–Crippen LogP) is 3.07. The Balaban J connectivity index is 2.09. The van der Waals surface area contributed by atoms with Gasteiger partial charge in [-0.25, -0.2) is 4.79 Å². The molecule has 146 valence electrons. The first kappa shape index (κ1) is 20.1. The number of ether oxygens (including phenoxy) is 1. The average molecular weight is 387 g/mol. The monoisotopic (exact) mass is 387 g/mol. The molecule has 7 nitrogen and oxygen atoms in total. The lowest BCUT2D eigenvalue weighted by Gasteiger charge is -2.47. The largest absolute Gasteiger partial charge is 0.450 e. The van der Waals surface area contributed by atoms with Crippen molar-refractivity contribution in [1.82, 2.24) is 4.90 Å². The molecular formula is C22H21N5O2. The number of fused-ring (bicyclic) bond motifs is 1. The van der Waals surface area contributed by atoms with E-state index < -0.39 is 23.3 Å². The zero-order chi connectivity index (χ0) is 21.0. The highest BCUT2D eigenvalue weighted by Crippen LogP contribution is 2.49. The van der Waals surface area contributed by atoms with E-state index in [0.717, 1.165) is 11.1 Å². The van der Waals surface area contributed by atoms with Gasteiger partial charge >= 0.3 is 6.09 Å². The minimum atomic E-state index is -1.73. The Hall–Kier alpha value is -3.63. The van der Waals surface area contributed by atoms with Crippen LogP contribution in [0.2, 0.25) is 0 Å². The molecule has 1 aromatic rings. The summed E-state index contributed by atoms with van der Waals surface area (Å²) in [7, 11) is 0. The van der Waals surface area contributed by atoms with Crippen molar-refractivity contribution in [2.24, 2.45) is 23.2 Å². The van der Waals surface area contributed by atoms with Gasteiger partial charge in [0.2, 0.25) is 0 Å². The summed E-state index contributed by atoms with van der Waals surface area (Å²) in [6.45, 7) is 2.50. The van der Waals surface area contributed by atoms with Gasteiger partial charge in [-0.15, -0.1) is 0 Å². The molecule has 1 fully saturated rings. The molecule has 0 radical (unpaired) electrons. The number of carbonyl (C=O) groups excluding carboxylic acids is 1. The molecule has 1 aromatic carbocycles. The molecule has 0 bridgehead atoms. The molecule has 0 spiro atoms. The van der Waals surface area contributed by atoms with Crippen LogP contribution in [0.15, 0.2) is 42.0 Å².